The molecule has 1 aromatic heterocycles. The highest BCUT2D eigenvalue weighted by atomic mass is 35.5. The number of rotatable bonds is 4. The van der Waals surface area contributed by atoms with Crippen LogP contribution in [0.25, 0.3) is 0 Å². The quantitative estimate of drug-likeness (QED) is 0.869. The average Bonchev–Trinajstić information content (AvgIpc) is 2.29. The van der Waals surface area contributed by atoms with Crippen molar-refractivity contribution >= 4 is 29.1 Å². The lowest BCUT2D eigenvalue weighted by atomic mass is 10.2. The number of amides is 1. The summed E-state index contributed by atoms with van der Waals surface area (Å²) in [5.74, 6) is -0.534. The van der Waals surface area contributed by atoms with Crippen molar-refractivity contribution in [1.29, 1.82) is 0 Å². The molecule has 8 heteroatoms. The van der Waals surface area contributed by atoms with Gasteiger partial charge >= 0.3 is 6.18 Å². The van der Waals surface area contributed by atoms with Crippen LogP contribution in [0.2, 0.25) is 5.02 Å². The second-order valence-electron chi connectivity index (χ2n) is 3.38. The Labute approximate surface area is 111 Å². The van der Waals surface area contributed by atoms with Gasteiger partial charge in [0.15, 0.2) is 0 Å². The summed E-state index contributed by atoms with van der Waals surface area (Å²) in [6.45, 7) is 0.212. The van der Waals surface area contributed by atoms with Gasteiger partial charge in [-0.15, -0.1) is 11.6 Å². The summed E-state index contributed by atoms with van der Waals surface area (Å²) >= 11 is 10.9. The van der Waals surface area contributed by atoms with E-state index in [0.29, 0.717) is 11.9 Å². The maximum atomic E-state index is 12.3. The highest BCUT2D eigenvalue weighted by Crippen LogP contribution is 2.30. The largest absolute Gasteiger partial charge is 0.417 e. The van der Waals surface area contributed by atoms with Gasteiger partial charge in [0.2, 0.25) is 5.91 Å². The van der Waals surface area contributed by atoms with Gasteiger partial charge in [0.25, 0.3) is 0 Å². The summed E-state index contributed by atoms with van der Waals surface area (Å²) in [5.41, 5.74) is -0.611. The molecule has 0 saturated carbocycles. The van der Waals surface area contributed by atoms with Crippen molar-refractivity contribution in [2.24, 2.45) is 0 Å². The predicted molar refractivity (Wildman–Crippen MR) is 61.7 cm³/mol. The summed E-state index contributed by atoms with van der Waals surface area (Å²) in [5, 5.41) is 2.38. The van der Waals surface area contributed by atoms with Crippen LogP contribution in [0, 0.1) is 0 Å². The Balaban J connectivity index is 2.66. The first-order chi connectivity index (χ1) is 8.34. The topological polar surface area (TPSA) is 42.0 Å². The van der Waals surface area contributed by atoms with E-state index in [9.17, 15) is 18.0 Å². The van der Waals surface area contributed by atoms with Gasteiger partial charge in [-0.05, 0) is 6.07 Å². The van der Waals surface area contributed by atoms with Gasteiger partial charge in [0, 0.05) is 19.2 Å². The molecule has 0 spiro atoms. The van der Waals surface area contributed by atoms with E-state index < -0.39 is 11.7 Å². The van der Waals surface area contributed by atoms with Crippen LogP contribution in [-0.2, 0) is 17.4 Å². The van der Waals surface area contributed by atoms with Crippen molar-refractivity contribution in [2.45, 2.75) is 12.6 Å². The van der Waals surface area contributed by atoms with Crippen LogP contribution >= 0.6 is 23.2 Å². The Hall–Kier alpha value is -1.01. The molecule has 1 aromatic rings. The molecule has 0 atom stereocenters. The standard InChI is InChI=1S/C10H9Cl2F3N2O/c11-4-9(18)16-2-1-8-7(12)3-6(5-17-8)10(13,14)15/h3,5H,1-2,4H2,(H,16,18). The third-order valence-electron chi connectivity index (χ3n) is 2.05. The number of nitrogens with zero attached hydrogens (tertiary/aromatic N) is 1. The van der Waals surface area contributed by atoms with Gasteiger partial charge in [-0.3, -0.25) is 9.78 Å². The Bertz CT molecular complexity index is 438. The minimum Gasteiger partial charge on any atom is -0.355 e. The molecular weight excluding hydrogens is 292 g/mol. The third kappa shape index (κ3) is 4.34. The van der Waals surface area contributed by atoms with Crippen molar-refractivity contribution in [3.63, 3.8) is 0 Å². The fourth-order valence-electron chi connectivity index (χ4n) is 1.17. The number of carbonyl (C=O) groups excluding carboxylic acids is 1. The SMILES string of the molecule is O=C(CCl)NCCc1ncc(C(F)(F)F)cc1Cl. The normalized spacial score (nSPS) is 11.4. The molecule has 0 bridgehead atoms. The zero-order valence-electron chi connectivity index (χ0n) is 9.02. The van der Waals surface area contributed by atoms with Crippen LogP contribution in [0.5, 0.6) is 0 Å². The summed E-state index contributed by atoms with van der Waals surface area (Å²) in [4.78, 5) is 14.5. The van der Waals surface area contributed by atoms with Crippen molar-refractivity contribution in [1.82, 2.24) is 10.3 Å². The molecule has 3 nitrogen and oxygen atoms in total. The molecule has 0 aliphatic heterocycles. The molecule has 18 heavy (non-hydrogen) atoms. The van der Waals surface area contributed by atoms with E-state index in [-0.39, 0.29) is 29.8 Å². The van der Waals surface area contributed by atoms with Gasteiger partial charge < -0.3 is 5.32 Å². The second-order valence-corrected chi connectivity index (χ2v) is 4.06. The van der Waals surface area contributed by atoms with E-state index in [0.717, 1.165) is 6.07 Å². The number of aromatic nitrogens is 1. The molecule has 0 radical (unpaired) electrons. The first-order valence-electron chi connectivity index (χ1n) is 4.89. The summed E-state index contributed by atoms with van der Waals surface area (Å²) < 4.78 is 37.0. The smallest absolute Gasteiger partial charge is 0.355 e. The highest BCUT2D eigenvalue weighted by molar-refractivity contribution is 6.31. The van der Waals surface area contributed by atoms with Crippen LogP contribution in [0.1, 0.15) is 11.3 Å². The molecule has 0 aromatic carbocycles. The van der Waals surface area contributed by atoms with Gasteiger partial charge in [-0.1, -0.05) is 11.6 Å². The van der Waals surface area contributed by atoms with E-state index in [2.05, 4.69) is 10.3 Å². The number of alkyl halides is 4. The molecule has 1 rings (SSSR count). The number of halogens is 5. The molecule has 0 fully saturated rings. The van der Waals surface area contributed by atoms with Crippen LogP contribution in [0.4, 0.5) is 13.2 Å². The monoisotopic (exact) mass is 300 g/mol. The van der Waals surface area contributed by atoms with Gasteiger partial charge in [-0.2, -0.15) is 13.2 Å². The molecule has 0 aliphatic rings. The van der Waals surface area contributed by atoms with Crippen molar-refractivity contribution < 1.29 is 18.0 Å². The molecule has 0 unspecified atom stereocenters. The summed E-state index contributed by atoms with van der Waals surface area (Å²) in [6.07, 6.45) is -3.52. The fourth-order valence-corrected chi connectivity index (χ4v) is 1.53. The fraction of sp³-hybridized carbons (Fsp3) is 0.400. The number of hydrogen-bond donors (Lipinski definition) is 1. The number of nitrogens with one attached hydrogen (secondary N) is 1. The first kappa shape index (κ1) is 15.0. The highest BCUT2D eigenvalue weighted by Gasteiger charge is 2.31. The van der Waals surface area contributed by atoms with Gasteiger partial charge in [0.05, 0.1) is 16.3 Å². The van der Waals surface area contributed by atoms with Crippen LogP contribution in [-0.4, -0.2) is 23.3 Å². The Kier molecular flexibility index (Phi) is 5.22. The van der Waals surface area contributed by atoms with Crippen LogP contribution in [0.3, 0.4) is 0 Å². The average molecular weight is 301 g/mol. The predicted octanol–water partition coefficient (Wildman–Crippen LogP) is 2.65. The zero-order chi connectivity index (χ0) is 13.8. The number of carbonyl (C=O) groups is 1. The summed E-state index contributed by atoms with van der Waals surface area (Å²) in [6, 6.07) is 0.813. The Morgan fingerprint density at radius 1 is 1.44 bits per heavy atom. The molecule has 1 amide bonds. The molecule has 0 saturated heterocycles. The van der Waals surface area contributed by atoms with Gasteiger partial charge in [0.1, 0.15) is 5.88 Å². The van der Waals surface area contributed by atoms with E-state index in [1.807, 2.05) is 0 Å². The molecular formula is C10H9Cl2F3N2O. The first-order valence-corrected chi connectivity index (χ1v) is 5.80. The lowest BCUT2D eigenvalue weighted by Gasteiger charge is -2.09. The number of hydrogen-bond acceptors (Lipinski definition) is 2. The third-order valence-corrected chi connectivity index (χ3v) is 2.62. The van der Waals surface area contributed by atoms with E-state index >= 15 is 0 Å². The van der Waals surface area contributed by atoms with Crippen LogP contribution in [0.15, 0.2) is 12.3 Å². The van der Waals surface area contributed by atoms with Crippen molar-refractivity contribution in [2.75, 3.05) is 12.4 Å². The van der Waals surface area contributed by atoms with Crippen LogP contribution < -0.4 is 5.32 Å². The lowest BCUT2D eigenvalue weighted by molar-refractivity contribution is -0.137. The maximum Gasteiger partial charge on any atom is 0.417 e. The summed E-state index contributed by atoms with van der Waals surface area (Å²) in [7, 11) is 0. The minimum atomic E-state index is -4.47. The van der Waals surface area contributed by atoms with Crippen molar-refractivity contribution in [3.8, 4) is 0 Å². The lowest BCUT2D eigenvalue weighted by Crippen LogP contribution is -2.26. The van der Waals surface area contributed by atoms with Gasteiger partial charge in [-0.25, -0.2) is 0 Å². The molecule has 1 N–H and O–H groups in total. The van der Waals surface area contributed by atoms with Crippen molar-refractivity contribution in [3.05, 3.63) is 28.5 Å². The Morgan fingerprint density at radius 2 is 2.11 bits per heavy atom. The minimum absolute atomic E-state index is 0.0788. The molecule has 0 aliphatic carbocycles. The maximum absolute atomic E-state index is 12.3. The van der Waals surface area contributed by atoms with E-state index in [1.165, 1.54) is 0 Å². The zero-order valence-corrected chi connectivity index (χ0v) is 10.5. The second kappa shape index (κ2) is 6.24. The Morgan fingerprint density at radius 3 is 2.61 bits per heavy atom. The molecule has 100 valence electrons. The van der Waals surface area contributed by atoms with E-state index in [4.69, 9.17) is 23.2 Å². The molecule has 1 heterocycles. The van der Waals surface area contributed by atoms with E-state index in [1.54, 1.807) is 0 Å². The number of pyridine rings is 1.